The Morgan fingerprint density at radius 2 is 2.00 bits per heavy atom. The monoisotopic (exact) mass is 393 g/mol. The molecule has 0 atom stereocenters. The summed E-state index contributed by atoms with van der Waals surface area (Å²) >= 11 is 0. The zero-order valence-electron chi connectivity index (χ0n) is 16.3. The summed E-state index contributed by atoms with van der Waals surface area (Å²) in [6, 6.07) is 3.93. The Kier molecular flexibility index (Phi) is 5.92. The Hall–Kier alpha value is -1.84. The third-order valence-corrected chi connectivity index (χ3v) is 5.97. The van der Waals surface area contributed by atoms with Gasteiger partial charge in [-0.25, -0.2) is 8.42 Å². The van der Waals surface area contributed by atoms with Gasteiger partial charge in [0.25, 0.3) is 0 Å². The van der Waals surface area contributed by atoms with Gasteiger partial charge in [-0.1, -0.05) is 19.9 Å². The summed E-state index contributed by atoms with van der Waals surface area (Å²) in [6.07, 6.45) is 1.91. The first kappa shape index (κ1) is 19.9. The SMILES string of the molecule is Cc1nc(C(C)C)ccc1CN(Cc1nnc2n1CCOCC2)S(C)(=O)=O. The van der Waals surface area contributed by atoms with Crippen LogP contribution in [0.4, 0.5) is 0 Å². The van der Waals surface area contributed by atoms with Gasteiger partial charge in [-0.2, -0.15) is 4.31 Å². The van der Waals surface area contributed by atoms with E-state index < -0.39 is 10.0 Å². The molecule has 0 bridgehead atoms. The van der Waals surface area contributed by atoms with Gasteiger partial charge in [0.1, 0.15) is 11.6 Å². The topological polar surface area (TPSA) is 90.2 Å². The molecule has 0 aromatic carbocycles. The fourth-order valence-electron chi connectivity index (χ4n) is 3.09. The number of ether oxygens (including phenoxy) is 1. The lowest BCUT2D eigenvalue weighted by atomic mass is 10.1. The van der Waals surface area contributed by atoms with Crippen LogP contribution in [-0.4, -0.2) is 51.9 Å². The van der Waals surface area contributed by atoms with E-state index >= 15 is 0 Å². The van der Waals surface area contributed by atoms with Crippen molar-refractivity contribution in [2.75, 3.05) is 19.5 Å². The molecule has 3 heterocycles. The van der Waals surface area contributed by atoms with Gasteiger partial charge >= 0.3 is 0 Å². The number of sulfonamides is 1. The molecule has 1 aliphatic rings. The minimum atomic E-state index is -3.42. The molecule has 9 heteroatoms. The fourth-order valence-corrected chi connectivity index (χ4v) is 3.81. The van der Waals surface area contributed by atoms with Crippen LogP contribution in [-0.2, 0) is 40.8 Å². The van der Waals surface area contributed by atoms with E-state index in [1.807, 2.05) is 23.6 Å². The van der Waals surface area contributed by atoms with Crippen molar-refractivity contribution < 1.29 is 13.2 Å². The van der Waals surface area contributed by atoms with Gasteiger partial charge in [-0.3, -0.25) is 4.98 Å². The van der Waals surface area contributed by atoms with E-state index in [1.165, 1.54) is 10.6 Å². The summed E-state index contributed by atoms with van der Waals surface area (Å²) in [5.41, 5.74) is 2.75. The molecule has 2 aromatic heterocycles. The molecule has 0 spiro atoms. The van der Waals surface area contributed by atoms with Gasteiger partial charge in [0.15, 0.2) is 0 Å². The van der Waals surface area contributed by atoms with Crippen molar-refractivity contribution in [2.24, 2.45) is 0 Å². The molecule has 0 amide bonds. The molecule has 27 heavy (non-hydrogen) atoms. The molecule has 3 rings (SSSR count). The fraction of sp³-hybridized carbons (Fsp3) is 0.611. The number of fused-ring (bicyclic) bond motifs is 1. The lowest BCUT2D eigenvalue weighted by molar-refractivity contribution is 0.139. The third kappa shape index (κ3) is 4.72. The van der Waals surface area contributed by atoms with Crippen LogP contribution in [0.25, 0.3) is 0 Å². The van der Waals surface area contributed by atoms with Gasteiger partial charge in [-0.15, -0.1) is 10.2 Å². The molecule has 0 saturated heterocycles. The molecule has 148 valence electrons. The summed E-state index contributed by atoms with van der Waals surface area (Å²) in [5, 5.41) is 8.44. The minimum Gasteiger partial charge on any atom is -0.379 e. The molecular formula is C18H27N5O3S. The van der Waals surface area contributed by atoms with Crippen molar-refractivity contribution >= 4 is 10.0 Å². The van der Waals surface area contributed by atoms with Crippen LogP contribution in [0.1, 0.15) is 48.4 Å². The standard InChI is InChI=1S/C18H27N5O3S/c1-13(2)16-6-5-15(14(3)19-16)11-22(27(4,24)25)12-18-21-20-17-7-9-26-10-8-23(17)18/h5-6,13H,7-12H2,1-4H3. The number of rotatable bonds is 6. The third-order valence-electron chi connectivity index (χ3n) is 4.78. The van der Waals surface area contributed by atoms with Crippen LogP contribution >= 0.6 is 0 Å². The van der Waals surface area contributed by atoms with Crippen molar-refractivity contribution in [1.29, 1.82) is 0 Å². The van der Waals surface area contributed by atoms with E-state index in [9.17, 15) is 8.42 Å². The van der Waals surface area contributed by atoms with Gasteiger partial charge in [0.05, 0.1) is 26.0 Å². The van der Waals surface area contributed by atoms with E-state index in [0.29, 0.717) is 37.9 Å². The van der Waals surface area contributed by atoms with Gasteiger partial charge in [0.2, 0.25) is 10.0 Å². The van der Waals surface area contributed by atoms with Crippen LogP contribution in [0, 0.1) is 6.92 Å². The first-order valence-electron chi connectivity index (χ1n) is 9.16. The molecule has 0 unspecified atom stereocenters. The lowest BCUT2D eigenvalue weighted by Crippen LogP contribution is -2.31. The zero-order chi connectivity index (χ0) is 19.6. The average molecular weight is 394 g/mol. The molecule has 1 aliphatic heterocycles. The summed E-state index contributed by atoms with van der Waals surface area (Å²) in [7, 11) is -3.42. The summed E-state index contributed by atoms with van der Waals surface area (Å²) in [4.78, 5) is 4.62. The van der Waals surface area contributed by atoms with Crippen molar-refractivity contribution in [1.82, 2.24) is 24.1 Å². The second-order valence-electron chi connectivity index (χ2n) is 7.21. The molecule has 0 N–H and O–H groups in total. The highest BCUT2D eigenvalue weighted by Crippen LogP contribution is 2.19. The van der Waals surface area contributed by atoms with Gasteiger partial charge in [-0.05, 0) is 24.5 Å². The Labute approximate surface area is 160 Å². The molecule has 2 aromatic rings. The normalized spacial score (nSPS) is 15.2. The van der Waals surface area contributed by atoms with E-state index in [-0.39, 0.29) is 13.1 Å². The summed E-state index contributed by atoms with van der Waals surface area (Å²) < 4.78 is 33.7. The lowest BCUT2D eigenvalue weighted by Gasteiger charge is -2.21. The van der Waals surface area contributed by atoms with Gasteiger partial charge in [0, 0.05) is 30.9 Å². The zero-order valence-corrected chi connectivity index (χ0v) is 17.2. The first-order valence-corrected chi connectivity index (χ1v) is 11.0. The number of aromatic nitrogens is 4. The van der Waals surface area contributed by atoms with Crippen LogP contribution in [0.3, 0.4) is 0 Å². The molecule has 8 nitrogen and oxygen atoms in total. The maximum atomic E-state index is 12.4. The average Bonchev–Trinajstić information content (AvgIpc) is 2.81. The highest BCUT2D eigenvalue weighted by molar-refractivity contribution is 7.88. The van der Waals surface area contributed by atoms with Crippen LogP contribution in [0.5, 0.6) is 0 Å². The second kappa shape index (κ2) is 8.04. The van der Waals surface area contributed by atoms with Crippen molar-refractivity contribution in [3.05, 3.63) is 40.7 Å². The first-order chi connectivity index (χ1) is 12.8. The number of aryl methyl sites for hydroxylation is 1. The Bertz CT molecular complexity index is 908. The van der Waals surface area contributed by atoms with Crippen LogP contribution in [0.2, 0.25) is 0 Å². The maximum Gasteiger partial charge on any atom is 0.211 e. The maximum absolute atomic E-state index is 12.4. The van der Waals surface area contributed by atoms with E-state index in [1.54, 1.807) is 0 Å². The number of pyridine rings is 1. The quantitative estimate of drug-likeness (QED) is 0.741. The number of nitrogens with zero attached hydrogens (tertiary/aromatic N) is 5. The van der Waals surface area contributed by atoms with Crippen LogP contribution < -0.4 is 0 Å². The summed E-state index contributed by atoms with van der Waals surface area (Å²) in [6.45, 7) is 8.36. The van der Waals surface area contributed by atoms with E-state index in [0.717, 1.165) is 22.8 Å². The predicted molar refractivity (Wildman–Crippen MR) is 102 cm³/mol. The van der Waals surface area contributed by atoms with Gasteiger partial charge < -0.3 is 9.30 Å². The van der Waals surface area contributed by atoms with Crippen molar-refractivity contribution in [3.63, 3.8) is 0 Å². The number of hydrogen-bond donors (Lipinski definition) is 0. The van der Waals surface area contributed by atoms with Crippen LogP contribution in [0.15, 0.2) is 12.1 Å². The summed E-state index contributed by atoms with van der Waals surface area (Å²) in [5.74, 6) is 1.82. The molecule has 0 fully saturated rings. The highest BCUT2D eigenvalue weighted by atomic mass is 32.2. The minimum absolute atomic E-state index is 0.178. The number of hydrogen-bond acceptors (Lipinski definition) is 6. The second-order valence-corrected chi connectivity index (χ2v) is 9.20. The molecule has 0 aliphatic carbocycles. The highest BCUT2D eigenvalue weighted by Gasteiger charge is 2.23. The van der Waals surface area contributed by atoms with E-state index in [2.05, 4.69) is 29.0 Å². The van der Waals surface area contributed by atoms with Crippen molar-refractivity contribution in [2.45, 2.75) is 52.7 Å². The Morgan fingerprint density at radius 1 is 1.22 bits per heavy atom. The van der Waals surface area contributed by atoms with E-state index in [4.69, 9.17) is 4.74 Å². The van der Waals surface area contributed by atoms with Crippen molar-refractivity contribution in [3.8, 4) is 0 Å². The molecule has 0 radical (unpaired) electrons. The molecular weight excluding hydrogens is 366 g/mol. The Balaban J connectivity index is 1.85. The Morgan fingerprint density at radius 3 is 2.67 bits per heavy atom. The predicted octanol–water partition coefficient (Wildman–Crippen LogP) is 1.64. The smallest absolute Gasteiger partial charge is 0.211 e. The molecule has 0 saturated carbocycles. The largest absolute Gasteiger partial charge is 0.379 e.